The van der Waals surface area contributed by atoms with Crippen molar-refractivity contribution in [2.75, 3.05) is 0 Å². The summed E-state index contributed by atoms with van der Waals surface area (Å²) in [6, 6.07) is 7.97. The van der Waals surface area contributed by atoms with E-state index in [1.54, 1.807) is 18.2 Å². The Bertz CT molecular complexity index is 604. The second-order valence-electron chi connectivity index (χ2n) is 3.34. The molecule has 0 atom stereocenters. The molecular formula is C12H7BrClNO3. The van der Waals surface area contributed by atoms with Crippen molar-refractivity contribution in [1.82, 2.24) is 4.98 Å². The van der Waals surface area contributed by atoms with Crippen LogP contribution >= 0.6 is 27.5 Å². The van der Waals surface area contributed by atoms with Crippen LogP contribution in [0.4, 0.5) is 0 Å². The van der Waals surface area contributed by atoms with Crippen molar-refractivity contribution >= 4 is 33.5 Å². The van der Waals surface area contributed by atoms with Crippen LogP contribution in [0, 0.1) is 0 Å². The molecule has 0 aliphatic heterocycles. The zero-order chi connectivity index (χ0) is 13.1. The molecular weight excluding hydrogens is 321 g/mol. The summed E-state index contributed by atoms with van der Waals surface area (Å²) in [6.07, 6.45) is 1.45. The van der Waals surface area contributed by atoms with Gasteiger partial charge in [0.15, 0.2) is 0 Å². The number of nitrogens with zero attached hydrogens (tertiary/aromatic N) is 1. The summed E-state index contributed by atoms with van der Waals surface area (Å²) in [4.78, 5) is 14.9. The van der Waals surface area contributed by atoms with Gasteiger partial charge in [0.05, 0.1) is 5.02 Å². The molecule has 1 aromatic heterocycles. The zero-order valence-corrected chi connectivity index (χ0v) is 11.3. The van der Waals surface area contributed by atoms with Gasteiger partial charge in [-0.3, -0.25) is 0 Å². The fourth-order valence-corrected chi connectivity index (χ4v) is 2.01. The molecule has 6 heteroatoms. The van der Waals surface area contributed by atoms with Gasteiger partial charge in [0.1, 0.15) is 11.3 Å². The highest BCUT2D eigenvalue weighted by Crippen LogP contribution is 2.32. The van der Waals surface area contributed by atoms with E-state index in [4.69, 9.17) is 21.4 Å². The van der Waals surface area contributed by atoms with Gasteiger partial charge in [-0.1, -0.05) is 27.5 Å². The number of aromatic nitrogens is 1. The number of carbonyl (C=O) groups is 1. The lowest BCUT2D eigenvalue weighted by molar-refractivity contribution is 0.0693. The van der Waals surface area contributed by atoms with Crippen LogP contribution in [0.2, 0.25) is 5.02 Å². The highest BCUT2D eigenvalue weighted by atomic mass is 79.9. The topological polar surface area (TPSA) is 59.4 Å². The van der Waals surface area contributed by atoms with Gasteiger partial charge in [0.25, 0.3) is 0 Å². The Morgan fingerprint density at radius 3 is 2.83 bits per heavy atom. The van der Waals surface area contributed by atoms with E-state index >= 15 is 0 Å². The molecule has 0 amide bonds. The molecule has 2 rings (SSSR count). The molecule has 1 heterocycles. The van der Waals surface area contributed by atoms with Crippen LogP contribution in [0.5, 0.6) is 11.6 Å². The van der Waals surface area contributed by atoms with E-state index < -0.39 is 5.97 Å². The Morgan fingerprint density at radius 2 is 2.17 bits per heavy atom. The summed E-state index contributed by atoms with van der Waals surface area (Å²) < 4.78 is 6.22. The fourth-order valence-electron chi connectivity index (χ4n) is 1.30. The van der Waals surface area contributed by atoms with Crippen molar-refractivity contribution in [3.05, 3.63) is 51.6 Å². The van der Waals surface area contributed by atoms with Gasteiger partial charge < -0.3 is 9.84 Å². The Balaban J connectivity index is 2.37. The number of pyridine rings is 1. The number of carboxylic acids is 1. The second kappa shape index (κ2) is 5.37. The van der Waals surface area contributed by atoms with Crippen LogP contribution in [0.3, 0.4) is 0 Å². The van der Waals surface area contributed by atoms with E-state index in [1.807, 2.05) is 0 Å². The first-order valence-corrected chi connectivity index (χ1v) is 6.06. The average molecular weight is 329 g/mol. The number of ether oxygens (including phenoxy) is 1. The molecule has 18 heavy (non-hydrogen) atoms. The third-order valence-electron chi connectivity index (χ3n) is 2.10. The van der Waals surface area contributed by atoms with Crippen LogP contribution in [0.25, 0.3) is 0 Å². The summed E-state index contributed by atoms with van der Waals surface area (Å²) in [7, 11) is 0. The van der Waals surface area contributed by atoms with E-state index in [1.165, 1.54) is 18.3 Å². The summed E-state index contributed by atoms with van der Waals surface area (Å²) in [5.41, 5.74) is -0.0171. The van der Waals surface area contributed by atoms with Crippen molar-refractivity contribution in [3.63, 3.8) is 0 Å². The number of hydrogen-bond donors (Lipinski definition) is 1. The van der Waals surface area contributed by atoms with Gasteiger partial charge in [0.2, 0.25) is 5.88 Å². The van der Waals surface area contributed by atoms with Crippen LogP contribution < -0.4 is 4.74 Å². The first-order valence-electron chi connectivity index (χ1n) is 4.89. The maximum absolute atomic E-state index is 11.0. The molecule has 0 spiro atoms. The number of halogens is 2. The minimum atomic E-state index is -1.11. The maximum atomic E-state index is 11.0. The van der Waals surface area contributed by atoms with Crippen molar-refractivity contribution in [2.45, 2.75) is 0 Å². The lowest BCUT2D eigenvalue weighted by Gasteiger charge is -2.08. The largest absolute Gasteiger partial charge is 0.477 e. The van der Waals surface area contributed by atoms with Crippen LogP contribution in [-0.4, -0.2) is 16.1 Å². The van der Waals surface area contributed by atoms with Crippen LogP contribution in [-0.2, 0) is 0 Å². The van der Waals surface area contributed by atoms with Crippen LogP contribution in [0.1, 0.15) is 10.4 Å². The van der Waals surface area contributed by atoms with E-state index in [9.17, 15) is 4.79 Å². The molecule has 4 nitrogen and oxygen atoms in total. The number of benzene rings is 1. The molecule has 1 aromatic carbocycles. The van der Waals surface area contributed by atoms with Gasteiger partial charge in [-0.15, -0.1) is 0 Å². The molecule has 0 saturated carbocycles. The van der Waals surface area contributed by atoms with Gasteiger partial charge >= 0.3 is 5.97 Å². The third-order valence-corrected chi connectivity index (χ3v) is 2.89. The van der Waals surface area contributed by atoms with E-state index in [0.717, 1.165) is 4.47 Å². The number of rotatable bonds is 3. The fraction of sp³-hybridized carbons (Fsp3) is 0. The maximum Gasteiger partial charge on any atom is 0.341 e. The standard InChI is InChI=1S/C12H7BrClNO3/c13-7-3-4-10(9(14)6-7)18-11-8(12(16)17)2-1-5-15-11/h1-6H,(H,16,17). The Morgan fingerprint density at radius 1 is 1.39 bits per heavy atom. The highest BCUT2D eigenvalue weighted by molar-refractivity contribution is 9.10. The van der Waals surface area contributed by atoms with Crippen molar-refractivity contribution < 1.29 is 14.6 Å². The normalized spacial score (nSPS) is 10.1. The highest BCUT2D eigenvalue weighted by Gasteiger charge is 2.14. The lowest BCUT2D eigenvalue weighted by atomic mass is 10.3. The Labute approximate surface area is 116 Å². The quantitative estimate of drug-likeness (QED) is 0.925. The first-order chi connectivity index (χ1) is 8.58. The summed E-state index contributed by atoms with van der Waals surface area (Å²) in [6.45, 7) is 0. The lowest BCUT2D eigenvalue weighted by Crippen LogP contribution is -2.01. The molecule has 0 bridgehead atoms. The van der Waals surface area contributed by atoms with Gasteiger partial charge in [-0.25, -0.2) is 9.78 Å². The SMILES string of the molecule is O=C(O)c1cccnc1Oc1ccc(Br)cc1Cl. The van der Waals surface area contributed by atoms with E-state index in [-0.39, 0.29) is 11.4 Å². The monoisotopic (exact) mass is 327 g/mol. The molecule has 0 fully saturated rings. The molecule has 0 radical (unpaired) electrons. The van der Waals surface area contributed by atoms with Crippen molar-refractivity contribution in [3.8, 4) is 11.6 Å². The molecule has 0 unspecified atom stereocenters. The molecule has 2 aromatic rings. The Hall–Kier alpha value is -1.59. The van der Waals surface area contributed by atoms with Crippen molar-refractivity contribution in [2.24, 2.45) is 0 Å². The van der Waals surface area contributed by atoms with E-state index in [0.29, 0.717) is 10.8 Å². The summed E-state index contributed by atoms with van der Waals surface area (Å²) >= 11 is 9.25. The number of hydrogen-bond acceptors (Lipinski definition) is 3. The minimum Gasteiger partial charge on any atom is -0.477 e. The second-order valence-corrected chi connectivity index (χ2v) is 4.66. The van der Waals surface area contributed by atoms with Crippen molar-refractivity contribution in [1.29, 1.82) is 0 Å². The molecule has 0 aliphatic carbocycles. The molecule has 1 N–H and O–H groups in total. The van der Waals surface area contributed by atoms with E-state index in [2.05, 4.69) is 20.9 Å². The van der Waals surface area contributed by atoms with Gasteiger partial charge in [-0.05, 0) is 30.3 Å². The van der Waals surface area contributed by atoms with Crippen LogP contribution in [0.15, 0.2) is 41.0 Å². The molecule has 0 aliphatic rings. The first kappa shape index (κ1) is 12.9. The predicted molar refractivity (Wildman–Crippen MR) is 70.4 cm³/mol. The third kappa shape index (κ3) is 2.80. The zero-order valence-electron chi connectivity index (χ0n) is 8.93. The minimum absolute atomic E-state index is 0.00854. The molecule has 92 valence electrons. The molecule has 0 saturated heterocycles. The average Bonchev–Trinajstić information content (AvgIpc) is 2.33. The Kier molecular flexibility index (Phi) is 3.84. The predicted octanol–water partition coefficient (Wildman–Crippen LogP) is 3.99. The van der Waals surface area contributed by atoms with Gasteiger partial charge in [-0.2, -0.15) is 0 Å². The number of aromatic carboxylic acids is 1. The summed E-state index contributed by atoms with van der Waals surface area (Å²) in [5.74, 6) is -0.748. The smallest absolute Gasteiger partial charge is 0.341 e. The summed E-state index contributed by atoms with van der Waals surface area (Å²) in [5, 5.41) is 9.36. The number of carboxylic acid groups (broad SMARTS) is 1. The van der Waals surface area contributed by atoms with Gasteiger partial charge in [0, 0.05) is 10.7 Å².